The number of quaternary nitrogens is 1. The van der Waals surface area contributed by atoms with Crippen LogP contribution in [0.2, 0.25) is 0 Å². The lowest BCUT2D eigenvalue weighted by molar-refractivity contribution is -0.862. The van der Waals surface area contributed by atoms with Crippen LogP contribution in [0.3, 0.4) is 0 Å². The van der Waals surface area contributed by atoms with Crippen molar-refractivity contribution in [2.24, 2.45) is 0 Å². The number of carbonyl (C=O) groups excluding carboxylic acids is 3. The molecule has 2 aromatic rings. The number of hydrogen-bond acceptors (Lipinski definition) is 5. The molecule has 1 unspecified atom stereocenters. The Morgan fingerprint density at radius 1 is 1.10 bits per heavy atom. The average Bonchev–Trinajstić information content (AvgIpc) is 3.05. The Hall–Kier alpha value is -2.71. The van der Waals surface area contributed by atoms with Crippen LogP contribution in [0.1, 0.15) is 30.4 Å². The molecule has 7 nitrogen and oxygen atoms in total. The zero-order chi connectivity index (χ0) is 21.4. The predicted octanol–water partition coefficient (Wildman–Crippen LogP) is 1.57. The number of nitrogens with one attached hydrogen (secondary N) is 3. The van der Waals surface area contributed by atoms with E-state index < -0.39 is 5.97 Å². The Balaban J connectivity index is 2.11. The molecule has 0 radical (unpaired) electrons. The molecule has 2 rings (SSSR count). The van der Waals surface area contributed by atoms with Gasteiger partial charge in [-0.3, -0.25) is 9.59 Å². The Morgan fingerprint density at radius 3 is 2.38 bits per heavy atom. The number of carbonyl (C=O) groups is 3. The number of anilines is 1. The third-order valence-corrected chi connectivity index (χ3v) is 5.06. The van der Waals surface area contributed by atoms with Crippen molar-refractivity contribution in [1.29, 1.82) is 0 Å². The maximum atomic E-state index is 12.5. The number of rotatable bonds is 9. The molecule has 3 N–H and O–H groups in total. The van der Waals surface area contributed by atoms with Gasteiger partial charge in [-0.2, -0.15) is 0 Å². The summed E-state index contributed by atoms with van der Waals surface area (Å²) < 4.78 is 5.13. The van der Waals surface area contributed by atoms with Gasteiger partial charge in [0, 0.05) is 10.9 Å². The molecule has 8 heteroatoms. The molecule has 0 bridgehead atoms. The second-order valence-corrected chi connectivity index (χ2v) is 8.07. The number of thiophene rings is 1. The third kappa shape index (κ3) is 6.99. The van der Waals surface area contributed by atoms with E-state index in [4.69, 9.17) is 4.74 Å². The molecule has 0 fully saturated rings. The van der Waals surface area contributed by atoms with Gasteiger partial charge in [-0.1, -0.05) is 30.3 Å². The maximum Gasteiger partial charge on any atom is 0.350 e. The van der Waals surface area contributed by atoms with Crippen molar-refractivity contribution < 1.29 is 24.0 Å². The molecule has 1 aromatic carbocycles. The van der Waals surface area contributed by atoms with Crippen LogP contribution in [0.5, 0.6) is 0 Å². The molecular formula is C21H28N3O4S+. The minimum atomic E-state index is -0.466. The lowest BCUT2D eigenvalue weighted by Gasteiger charge is -2.15. The van der Waals surface area contributed by atoms with Gasteiger partial charge in [0.15, 0.2) is 13.1 Å². The van der Waals surface area contributed by atoms with E-state index in [0.29, 0.717) is 10.6 Å². The standard InChI is InChI=1S/C21H27N3O4S/c1-5-28-21(27)20-16(11-17(29-20)15-9-7-6-8-10-15)23-19(26)13-24(4)12-18(25)22-14(2)3/h6-11,14H,5,12-13H2,1-4H3,(H,22,25)(H,23,26)/p+1. The molecule has 1 atom stereocenters. The Labute approximate surface area is 175 Å². The fourth-order valence-electron chi connectivity index (χ4n) is 2.75. The monoisotopic (exact) mass is 418 g/mol. The first-order chi connectivity index (χ1) is 13.8. The zero-order valence-electron chi connectivity index (χ0n) is 17.2. The van der Waals surface area contributed by atoms with Gasteiger partial charge in [0.05, 0.1) is 19.3 Å². The molecule has 1 heterocycles. The fourth-order valence-corrected chi connectivity index (χ4v) is 3.77. The largest absolute Gasteiger partial charge is 0.462 e. The van der Waals surface area contributed by atoms with Crippen molar-refractivity contribution in [3.05, 3.63) is 41.3 Å². The van der Waals surface area contributed by atoms with Gasteiger partial charge < -0.3 is 20.3 Å². The molecule has 0 saturated heterocycles. The second kappa shape index (κ2) is 10.7. The summed E-state index contributed by atoms with van der Waals surface area (Å²) >= 11 is 1.28. The number of likely N-dealkylation sites (N-methyl/N-ethyl adjacent to an activating group) is 1. The smallest absolute Gasteiger partial charge is 0.350 e. The summed E-state index contributed by atoms with van der Waals surface area (Å²) in [5, 5.41) is 5.61. The van der Waals surface area contributed by atoms with Gasteiger partial charge in [0.25, 0.3) is 11.8 Å². The van der Waals surface area contributed by atoms with Crippen molar-refractivity contribution in [3.8, 4) is 10.4 Å². The van der Waals surface area contributed by atoms with Gasteiger partial charge in [0.2, 0.25) is 0 Å². The van der Waals surface area contributed by atoms with E-state index in [0.717, 1.165) is 15.3 Å². The summed E-state index contributed by atoms with van der Waals surface area (Å²) in [5.74, 6) is -0.853. The number of esters is 1. The highest BCUT2D eigenvalue weighted by atomic mass is 32.1. The van der Waals surface area contributed by atoms with Crippen LogP contribution in [0.15, 0.2) is 36.4 Å². The summed E-state index contributed by atoms with van der Waals surface area (Å²) in [6.07, 6.45) is 0. The molecule has 29 heavy (non-hydrogen) atoms. The van der Waals surface area contributed by atoms with E-state index in [-0.39, 0.29) is 37.6 Å². The zero-order valence-corrected chi connectivity index (χ0v) is 18.0. The summed E-state index contributed by atoms with van der Waals surface area (Å²) in [5.41, 5.74) is 1.38. The normalized spacial score (nSPS) is 11.8. The highest BCUT2D eigenvalue weighted by Gasteiger charge is 2.21. The summed E-state index contributed by atoms with van der Waals surface area (Å²) in [6, 6.07) is 11.5. The van der Waals surface area contributed by atoms with E-state index in [1.54, 1.807) is 20.0 Å². The summed E-state index contributed by atoms with van der Waals surface area (Å²) in [4.78, 5) is 38.7. The van der Waals surface area contributed by atoms with Crippen LogP contribution >= 0.6 is 11.3 Å². The van der Waals surface area contributed by atoms with Gasteiger partial charge in [0.1, 0.15) is 4.88 Å². The topological polar surface area (TPSA) is 88.9 Å². The Bertz CT molecular complexity index is 849. The molecular weight excluding hydrogens is 390 g/mol. The van der Waals surface area contributed by atoms with E-state index in [1.165, 1.54) is 11.3 Å². The highest BCUT2D eigenvalue weighted by molar-refractivity contribution is 7.18. The highest BCUT2D eigenvalue weighted by Crippen LogP contribution is 2.35. The summed E-state index contributed by atoms with van der Waals surface area (Å²) in [6.45, 7) is 6.06. The minimum absolute atomic E-state index is 0.0541. The van der Waals surface area contributed by atoms with Crippen molar-refractivity contribution in [3.63, 3.8) is 0 Å². The lowest BCUT2D eigenvalue weighted by atomic mass is 10.2. The van der Waals surface area contributed by atoms with Crippen molar-refractivity contribution in [2.75, 3.05) is 32.1 Å². The van der Waals surface area contributed by atoms with Crippen LogP contribution < -0.4 is 15.5 Å². The molecule has 1 aromatic heterocycles. The molecule has 0 aliphatic rings. The number of ether oxygens (including phenoxy) is 1. The second-order valence-electron chi connectivity index (χ2n) is 7.02. The van der Waals surface area contributed by atoms with E-state index >= 15 is 0 Å². The van der Waals surface area contributed by atoms with Gasteiger partial charge >= 0.3 is 5.97 Å². The van der Waals surface area contributed by atoms with Crippen molar-refractivity contribution in [1.82, 2.24) is 5.32 Å². The molecule has 0 saturated carbocycles. The number of hydrogen-bond donors (Lipinski definition) is 3. The SMILES string of the molecule is CCOC(=O)c1sc(-c2ccccc2)cc1NC(=O)C[NH+](C)CC(=O)NC(C)C. The quantitative estimate of drug-likeness (QED) is 0.540. The van der Waals surface area contributed by atoms with Crippen molar-refractivity contribution in [2.45, 2.75) is 26.8 Å². The van der Waals surface area contributed by atoms with Gasteiger partial charge in [-0.05, 0) is 32.4 Å². The third-order valence-electron chi connectivity index (χ3n) is 3.90. The fraction of sp³-hybridized carbons (Fsp3) is 0.381. The number of benzene rings is 1. The Kier molecular flexibility index (Phi) is 8.35. The van der Waals surface area contributed by atoms with Gasteiger partial charge in [-0.15, -0.1) is 11.3 Å². The first-order valence-electron chi connectivity index (χ1n) is 9.57. The lowest BCUT2D eigenvalue weighted by Crippen LogP contribution is -3.11. The first kappa shape index (κ1) is 22.6. The van der Waals surface area contributed by atoms with Crippen LogP contribution in [0.4, 0.5) is 5.69 Å². The van der Waals surface area contributed by atoms with E-state index in [1.807, 2.05) is 44.2 Å². The molecule has 0 aliphatic carbocycles. The maximum absolute atomic E-state index is 12.5. The minimum Gasteiger partial charge on any atom is -0.462 e. The number of amides is 2. The van der Waals surface area contributed by atoms with Crippen LogP contribution in [-0.2, 0) is 14.3 Å². The predicted molar refractivity (Wildman–Crippen MR) is 114 cm³/mol. The van der Waals surface area contributed by atoms with E-state index in [2.05, 4.69) is 10.6 Å². The molecule has 156 valence electrons. The van der Waals surface area contributed by atoms with Crippen molar-refractivity contribution >= 4 is 34.8 Å². The van der Waals surface area contributed by atoms with Crippen LogP contribution in [0.25, 0.3) is 10.4 Å². The summed E-state index contributed by atoms with van der Waals surface area (Å²) in [7, 11) is 1.77. The average molecular weight is 419 g/mol. The first-order valence-corrected chi connectivity index (χ1v) is 10.4. The molecule has 2 amide bonds. The van der Waals surface area contributed by atoms with Crippen LogP contribution in [0, 0.1) is 0 Å². The molecule has 0 spiro atoms. The Morgan fingerprint density at radius 2 is 1.76 bits per heavy atom. The van der Waals surface area contributed by atoms with Crippen LogP contribution in [-0.4, -0.2) is 50.6 Å². The molecule has 0 aliphatic heterocycles. The van der Waals surface area contributed by atoms with E-state index in [9.17, 15) is 14.4 Å². The van der Waals surface area contributed by atoms with Gasteiger partial charge in [-0.25, -0.2) is 4.79 Å².